The number of aromatic nitrogens is 2. The van der Waals surface area contributed by atoms with E-state index in [-0.39, 0.29) is 18.2 Å². The van der Waals surface area contributed by atoms with Gasteiger partial charge in [0, 0.05) is 36.3 Å². The Hall–Kier alpha value is -2.81. The Morgan fingerprint density at radius 3 is 2.61 bits per heavy atom. The molecule has 0 fully saturated rings. The SMILES string of the molecule is CC1CC(Nc2ncccn2)=C(N)CN1C(=O)c1cccc(C(F)(F)F)c1Cl. The number of rotatable bonds is 3. The van der Waals surface area contributed by atoms with E-state index in [0.717, 1.165) is 12.1 Å². The summed E-state index contributed by atoms with van der Waals surface area (Å²) >= 11 is 5.89. The minimum Gasteiger partial charge on any atom is -0.399 e. The second-order valence-electron chi connectivity index (χ2n) is 6.35. The lowest BCUT2D eigenvalue weighted by Gasteiger charge is -2.35. The Labute approximate surface area is 164 Å². The number of amides is 1. The van der Waals surface area contributed by atoms with Crippen LogP contribution in [0.4, 0.5) is 19.1 Å². The molecule has 0 radical (unpaired) electrons. The molecule has 148 valence electrons. The molecule has 2 heterocycles. The first-order chi connectivity index (χ1) is 13.2. The Morgan fingerprint density at radius 1 is 1.29 bits per heavy atom. The van der Waals surface area contributed by atoms with Crippen molar-refractivity contribution in [1.82, 2.24) is 14.9 Å². The van der Waals surface area contributed by atoms with Crippen LogP contribution >= 0.6 is 11.6 Å². The maximum absolute atomic E-state index is 13.1. The van der Waals surface area contributed by atoms with E-state index in [9.17, 15) is 18.0 Å². The Kier molecular flexibility index (Phi) is 5.46. The lowest BCUT2D eigenvalue weighted by molar-refractivity contribution is -0.137. The number of nitrogens with two attached hydrogens (primary N) is 1. The third-order valence-corrected chi connectivity index (χ3v) is 4.79. The zero-order valence-corrected chi connectivity index (χ0v) is 15.6. The van der Waals surface area contributed by atoms with Crippen molar-refractivity contribution in [2.45, 2.75) is 25.6 Å². The van der Waals surface area contributed by atoms with Gasteiger partial charge in [-0.05, 0) is 25.1 Å². The van der Waals surface area contributed by atoms with Crippen molar-refractivity contribution < 1.29 is 18.0 Å². The summed E-state index contributed by atoms with van der Waals surface area (Å²) in [4.78, 5) is 22.4. The predicted octanol–water partition coefficient (Wildman–Crippen LogP) is 3.67. The van der Waals surface area contributed by atoms with Gasteiger partial charge in [0.15, 0.2) is 0 Å². The maximum atomic E-state index is 13.1. The molecule has 0 aliphatic carbocycles. The molecule has 1 aliphatic heterocycles. The molecule has 2 aromatic rings. The Morgan fingerprint density at radius 2 is 1.96 bits per heavy atom. The van der Waals surface area contributed by atoms with Crippen molar-refractivity contribution in [2.75, 3.05) is 11.9 Å². The topological polar surface area (TPSA) is 84.1 Å². The summed E-state index contributed by atoms with van der Waals surface area (Å²) in [6, 6.07) is 4.63. The maximum Gasteiger partial charge on any atom is 0.417 e. The van der Waals surface area contributed by atoms with Gasteiger partial charge in [-0.3, -0.25) is 4.79 Å². The normalized spacial score (nSPS) is 17.6. The first kappa shape index (κ1) is 19.9. The summed E-state index contributed by atoms with van der Waals surface area (Å²) in [5.74, 6) is -0.241. The minimum atomic E-state index is -4.65. The fraction of sp³-hybridized carbons (Fsp3) is 0.278. The van der Waals surface area contributed by atoms with Crippen LogP contribution in [0.3, 0.4) is 0 Å². The predicted molar refractivity (Wildman–Crippen MR) is 98.4 cm³/mol. The lowest BCUT2D eigenvalue weighted by atomic mass is 10.0. The highest BCUT2D eigenvalue weighted by atomic mass is 35.5. The second kappa shape index (κ2) is 7.67. The standard InChI is InChI=1S/C18H17ClF3N5O/c1-10-8-14(26-17-24-6-3-7-25-17)13(23)9-27(10)16(28)11-4-2-5-12(15(11)19)18(20,21)22/h2-7,10H,8-9,23H2,1H3,(H,24,25,26). The van der Waals surface area contributed by atoms with E-state index in [1.54, 1.807) is 25.4 Å². The van der Waals surface area contributed by atoms with Gasteiger partial charge < -0.3 is 16.0 Å². The fourth-order valence-corrected chi connectivity index (χ4v) is 3.26. The third kappa shape index (κ3) is 4.04. The first-order valence-corrected chi connectivity index (χ1v) is 8.74. The summed E-state index contributed by atoms with van der Waals surface area (Å²) in [5.41, 5.74) is 5.87. The van der Waals surface area contributed by atoms with Crippen LogP contribution in [-0.2, 0) is 6.18 Å². The summed E-state index contributed by atoms with van der Waals surface area (Å²) < 4.78 is 39.2. The van der Waals surface area contributed by atoms with E-state index < -0.39 is 22.7 Å². The first-order valence-electron chi connectivity index (χ1n) is 8.36. The molecule has 1 atom stereocenters. The third-order valence-electron chi connectivity index (χ3n) is 4.38. The van der Waals surface area contributed by atoms with Gasteiger partial charge in [-0.2, -0.15) is 13.2 Å². The summed E-state index contributed by atoms with van der Waals surface area (Å²) in [6.45, 7) is 1.82. The second-order valence-corrected chi connectivity index (χ2v) is 6.73. The zero-order chi connectivity index (χ0) is 20.5. The molecule has 1 aromatic heterocycles. The van der Waals surface area contributed by atoms with Gasteiger partial charge in [0.05, 0.1) is 22.7 Å². The largest absolute Gasteiger partial charge is 0.417 e. The van der Waals surface area contributed by atoms with E-state index >= 15 is 0 Å². The van der Waals surface area contributed by atoms with Gasteiger partial charge in [-0.1, -0.05) is 17.7 Å². The number of nitrogens with one attached hydrogen (secondary N) is 1. The van der Waals surface area contributed by atoms with Crippen LogP contribution in [-0.4, -0.2) is 33.4 Å². The monoisotopic (exact) mass is 411 g/mol. The molecule has 3 N–H and O–H groups in total. The van der Waals surface area contributed by atoms with Crippen LogP contribution < -0.4 is 11.1 Å². The van der Waals surface area contributed by atoms with Crippen molar-refractivity contribution in [3.63, 3.8) is 0 Å². The van der Waals surface area contributed by atoms with Crippen LogP contribution in [0.2, 0.25) is 5.02 Å². The molecule has 10 heteroatoms. The number of hydrogen-bond donors (Lipinski definition) is 2. The molecule has 1 unspecified atom stereocenters. The number of hydrogen-bond acceptors (Lipinski definition) is 5. The summed E-state index contributed by atoms with van der Waals surface area (Å²) in [6.07, 6.45) is -1.13. The highest BCUT2D eigenvalue weighted by Crippen LogP contribution is 2.37. The van der Waals surface area contributed by atoms with Gasteiger partial charge in [-0.25, -0.2) is 9.97 Å². The quantitative estimate of drug-likeness (QED) is 0.805. The molecule has 1 aromatic carbocycles. The van der Waals surface area contributed by atoms with Crippen molar-refractivity contribution in [3.05, 3.63) is 64.2 Å². The van der Waals surface area contributed by atoms with Gasteiger partial charge in [-0.15, -0.1) is 0 Å². The van der Waals surface area contributed by atoms with E-state index in [0.29, 0.717) is 23.8 Å². The summed E-state index contributed by atoms with van der Waals surface area (Å²) in [7, 11) is 0. The van der Waals surface area contributed by atoms with Crippen LogP contribution in [0.1, 0.15) is 29.3 Å². The highest BCUT2D eigenvalue weighted by molar-refractivity contribution is 6.34. The number of carbonyl (C=O) groups is 1. The molecule has 0 saturated heterocycles. The fourth-order valence-electron chi connectivity index (χ4n) is 2.94. The van der Waals surface area contributed by atoms with Crippen LogP contribution in [0.25, 0.3) is 0 Å². The number of anilines is 1. The number of halogens is 4. The van der Waals surface area contributed by atoms with Crippen molar-refractivity contribution in [2.24, 2.45) is 5.73 Å². The van der Waals surface area contributed by atoms with Gasteiger partial charge in [0.1, 0.15) is 0 Å². The van der Waals surface area contributed by atoms with Crippen LogP contribution in [0, 0.1) is 0 Å². The highest BCUT2D eigenvalue weighted by Gasteiger charge is 2.36. The van der Waals surface area contributed by atoms with Gasteiger partial charge in [0.25, 0.3) is 5.91 Å². The smallest absolute Gasteiger partial charge is 0.399 e. The average molecular weight is 412 g/mol. The molecule has 6 nitrogen and oxygen atoms in total. The molecular formula is C18H17ClF3N5O. The van der Waals surface area contributed by atoms with E-state index in [2.05, 4.69) is 15.3 Å². The van der Waals surface area contributed by atoms with Gasteiger partial charge in [0.2, 0.25) is 5.95 Å². The van der Waals surface area contributed by atoms with E-state index in [4.69, 9.17) is 17.3 Å². The molecule has 0 bridgehead atoms. The number of alkyl halides is 3. The van der Waals surface area contributed by atoms with Gasteiger partial charge >= 0.3 is 6.18 Å². The van der Waals surface area contributed by atoms with E-state index in [1.165, 1.54) is 11.0 Å². The van der Waals surface area contributed by atoms with Crippen molar-refractivity contribution in [3.8, 4) is 0 Å². The molecular weight excluding hydrogens is 395 g/mol. The average Bonchev–Trinajstić information content (AvgIpc) is 2.64. The van der Waals surface area contributed by atoms with Crippen molar-refractivity contribution >= 4 is 23.5 Å². The van der Waals surface area contributed by atoms with Crippen LogP contribution in [0.5, 0.6) is 0 Å². The molecule has 0 saturated carbocycles. The molecule has 3 rings (SSSR count). The Balaban J connectivity index is 1.85. The minimum absolute atomic E-state index is 0.0434. The van der Waals surface area contributed by atoms with E-state index in [1.807, 2.05) is 0 Å². The number of carbonyl (C=O) groups excluding carboxylic acids is 1. The lowest BCUT2D eigenvalue weighted by Crippen LogP contribution is -2.45. The van der Waals surface area contributed by atoms with Crippen molar-refractivity contribution in [1.29, 1.82) is 0 Å². The summed E-state index contributed by atoms with van der Waals surface area (Å²) in [5, 5.41) is 2.41. The number of nitrogens with zero attached hydrogens (tertiary/aromatic N) is 3. The van der Waals surface area contributed by atoms with Crippen LogP contribution in [0.15, 0.2) is 48.1 Å². The molecule has 1 aliphatic rings. The number of benzene rings is 1. The Bertz CT molecular complexity index is 917. The molecule has 1 amide bonds. The molecule has 28 heavy (non-hydrogen) atoms. The molecule has 0 spiro atoms. The zero-order valence-electron chi connectivity index (χ0n) is 14.8.